The summed E-state index contributed by atoms with van der Waals surface area (Å²) in [4.78, 5) is 19.5. The minimum Gasteiger partial charge on any atom is -0.497 e. The number of ether oxygens (including phenoxy) is 2. The summed E-state index contributed by atoms with van der Waals surface area (Å²) in [6.45, 7) is 7.92. The second-order valence-electron chi connectivity index (χ2n) is 11.4. The van der Waals surface area contributed by atoms with Gasteiger partial charge in [-0.1, -0.05) is 39.0 Å². The number of nitrogens with zero attached hydrogens (tertiary/aromatic N) is 1. The number of carbonyl (C=O) groups excluding carboxylic acids is 1. The van der Waals surface area contributed by atoms with Crippen LogP contribution in [0.3, 0.4) is 0 Å². The van der Waals surface area contributed by atoms with Crippen molar-refractivity contribution in [1.82, 2.24) is 9.88 Å². The zero-order valence-electron chi connectivity index (χ0n) is 21.0. The lowest BCUT2D eigenvalue weighted by molar-refractivity contribution is -0.132. The van der Waals surface area contributed by atoms with E-state index < -0.39 is 0 Å². The van der Waals surface area contributed by atoms with Gasteiger partial charge in [-0.2, -0.15) is 0 Å². The first-order valence-electron chi connectivity index (χ1n) is 12.3. The van der Waals surface area contributed by atoms with Crippen molar-refractivity contribution in [3.63, 3.8) is 0 Å². The van der Waals surface area contributed by atoms with Crippen molar-refractivity contribution >= 4 is 16.8 Å². The summed E-state index contributed by atoms with van der Waals surface area (Å²) < 4.78 is 11.1. The molecule has 34 heavy (non-hydrogen) atoms. The zero-order valence-corrected chi connectivity index (χ0v) is 21.0. The zero-order chi connectivity index (χ0) is 24.1. The number of benzene rings is 2. The van der Waals surface area contributed by atoms with Crippen molar-refractivity contribution < 1.29 is 14.3 Å². The van der Waals surface area contributed by atoms with Gasteiger partial charge < -0.3 is 19.4 Å². The van der Waals surface area contributed by atoms with Crippen molar-refractivity contribution in [2.24, 2.45) is 10.8 Å². The van der Waals surface area contributed by atoms with E-state index in [4.69, 9.17) is 9.47 Å². The normalized spacial score (nSPS) is 24.3. The molecular formula is C29H36N2O3. The summed E-state index contributed by atoms with van der Waals surface area (Å²) in [5.74, 6) is 1.60. The molecule has 5 nitrogen and oxygen atoms in total. The first-order valence-corrected chi connectivity index (χ1v) is 12.3. The molecule has 3 atom stereocenters. The molecule has 1 saturated heterocycles. The maximum absolute atomic E-state index is 13.9. The Morgan fingerprint density at radius 2 is 1.79 bits per heavy atom. The van der Waals surface area contributed by atoms with Crippen LogP contribution in [0, 0.1) is 10.8 Å². The van der Waals surface area contributed by atoms with Gasteiger partial charge in [0.25, 0.3) is 0 Å². The van der Waals surface area contributed by atoms with E-state index >= 15 is 0 Å². The number of likely N-dealkylation sites (tertiary alicyclic amines) is 1. The summed E-state index contributed by atoms with van der Waals surface area (Å²) >= 11 is 0. The van der Waals surface area contributed by atoms with Crippen LogP contribution in [0.4, 0.5) is 0 Å². The van der Waals surface area contributed by atoms with E-state index in [1.54, 1.807) is 14.2 Å². The molecule has 2 aliphatic rings. The maximum Gasteiger partial charge on any atom is 0.223 e. The fourth-order valence-electron chi connectivity index (χ4n) is 6.86. The van der Waals surface area contributed by atoms with Crippen LogP contribution in [0.2, 0.25) is 0 Å². The Balaban J connectivity index is 1.53. The molecule has 3 aromatic rings. The molecular weight excluding hydrogens is 424 g/mol. The van der Waals surface area contributed by atoms with Crippen molar-refractivity contribution in [3.8, 4) is 11.5 Å². The number of carbonyl (C=O) groups is 1. The van der Waals surface area contributed by atoms with Crippen molar-refractivity contribution in [3.05, 3.63) is 59.8 Å². The molecule has 2 bridgehead atoms. The van der Waals surface area contributed by atoms with Gasteiger partial charge in [0, 0.05) is 48.1 Å². The van der Waals surface area contributed by atoms with Crippen LogP contribution in [-0.2, 0) is 4.79 Å². The summed E-state index contributed by atoms with van der Waals surface area (Å²) in [5, 5.41) is 1.15. The maximum atomic E-state index is 13.9. The predicted molar refractivity (Wildman–Crippen MR) is 136 cm³/mol. The molecule has 5 rings (SSSR count). The summed E-state index contributed by atoms with van der Waals surface area (Å²) in [6, 6.07) is 14.6. The standard InChI is InChI=1S/C29H36N2O3/c1-28(2)14-20-15-29(3,17-28)18-31(20)27(32)13-24(19-10-21(33-4)12-22(11-19)34-5)25-16-30-26-9-7-6-8-23(25)26/h6-12,16,20,24,30H,13-15,17-18H2,1-5H3. The number of methoxy groups -OCH3 is 2. The topological polar surface area (TPSA) is 54.6 Å². The largest absolute Gasteiger partial charge is 0.497 e. The molecule has 0 radical (unpaired) electrons. The van der Waals surface area contributed by atoms with Gasteiger partial charge in [0.05, 0.1) is 14.2 Å². The van der Waals surface area contributed by atoms with E-state index in [0.717, 1.165) is 52.9 Å². The Morgan fingerprint density at radius 3 is 2.50 bits per heavy atom. The van der Waals surface area contributed by atoms with E-state index in [1.807, 2.05) is 24.3 Å². The summed E-state index contributed by atoms with van der Waals surface area (Å²) in [6.07, 6.45) is 5.86. The lowest BCUT2D eigenvalue weighted by atomic mass is 9.65. The van der Waals surface area contributed by atoms with Gasteiger partial charge in [-0.05, 0) is 59.4 Å². The number of aromatic nitrogens is 1. The Labute approximate surface area is 202 Å². The highest BCUT2D eigenvalue weighted by Gasteiger charge is 2.51. The third kappa shape index (κ3) is 4.17. The molecule has 0 spiro atoms. The van der Waals surface area contributed by atoms with Crippen LogP contribution >= 0.6 is 0 Å². The van der Waals surface area contributed by atoms with E-state index in [1.165, 1.54) is 6.42 Å². The average Bonchev–Trinajstić information content (AvgIpc) is 3.34. The average molecular weight is 461 g/mol. The number of hydrogen-bond acceptors (Lipinski definition) is 3. The fourth-order valence-corrected chi connectivity index (χ4v) is 6.86. The first kappa shape index (κ1) is 22.8. The molecule has 1 aliphatic carbocycles. The van der Waals surface area contributed by atoms with Gasteiger partial charge in [0.2, 0.25) is 5.91 Å². The summed E-state index contributed by atoms with van der Waals surface area (Å²) in [7, 11) is 3.33. The molecule has 1 aliphatic heterocycles. The number of amides is 1. The van der Waals surface area contributed by atoms with Crippen LogP contribution in [0.1, 0.15) is 63.5 Å². The molecule has 1 saturated carbocycles. The molecule has 1 amide bonds. The monoisotopic (exact) mass is 460 g/mol. The van der Waals surface area contributed by atoms with Gasteiger partial charge >= 0.3 is 0 Å². The lowest BCUT2D eigenvalue weighted by Gasteiger charge is -2.39. The van der Waals surface area contributed by atoms with Crippen LogP contribution in [0.15, 0.2) is 48.7 Å². The number of hydrogen-bond donors (Lipinski definition) is 1. The highest BCUT2D eigenvalue weighted by atomic mass is 16.5. The van der Waals surface area contributed by atoms with Crippen LogP contribution < -0.4 is 9.47 Å². The molecule has 2 aromatic carbocycles. The number of rotatable bonds is 6. The molecule has 2 heterocycles. The molecule has 3 unspecified atom stereocenters. The lowest BCUT2D eigenvalue weighted by Crippen LogP contribution is -2.38. The van der Waals surface area contributed by atoms with Crippen LogP contribution in [-0.4, -0.2) is 42.6 Å². The Kier molecular flexibility index (Phi) is 5.62. The predicted octanol–water partition coefficient (Wildman–Crippen LogP) is 6.13. The van der Waals surface area contributed by atoms with E-state index in [2.05, 4.69) is 55.1 Å². The number of nitrogens with one attached hydrogen (secondary N) is 1. The van der Waals surface area contributed by atoms with Crippen LogP contribution in [0.5, 0.6) is 11.5 Å². The van der Waals surface area contributed by atoms with Crippen molar-refractivity contribution in [2.75, 3.05) is 20.8 Å². The van der Waals surface area contributed by atoms with E-state index in [0.29, 0.717) is 12.5 Å². The fraction of sp³-hybridized carbons (Fsp3) is 0.483. The third-order valence-corrected chi connectivity index (χ3v) is 7.89. The van der Waals surface area contributed by atoms with Gasteiger partial charge in [0.15, 0.2) is 0 Å². The van der Waals surface area contributed by atoms with Crippen molar-refractivity contribution in [1.29, 1.82) is 0 Å². The Bertz CT molecular complexity index is 1190. The first-order chi connectivity index (χ1) is 16.2. The van der Waals surface area contributed by atoms with E-state index in [-0.39, 0.29) is 22.7 Å². The molecule has 1 aromatic heterocycles. The molecule has 2 fully saturated rings. The van der Waals surface area contributed by atoms with Gasteiger partial charge in [-0.25, -0.2) is 0 Å². The number of fused-ring (bicyclic) bond motifs is 3. The smallest absolute Gasteiger partial charge is 0.223 e. The van der Waals surface area contributed by atoms with E-state index in [9.17, 15) is 4.79 Å². The number of aromatic amines is 1. The van der Waals surface area contributed by atoms with Crippen molar-refractivity contribution in [2.45, 2.75) is 58.4 Å². The highest BCUT2D eigenvalue weighted by Crippen LogP contribution is 2.53. The number of H-pyrrole nitrogens is 1. The minimum absolute atomic E-state index is 0.103. The Hall–Kier alpha value is -2.95. The summed E-state index contributed by atoms with van der Waals surface area (Å²) in [5.41, 5.74) is 3.74. The quantitative estimate of drug-likeness (QED) is 0.481. The Morgan fingerprint density at radius 1 is 1.09 bits per heavy atom. The molecule has 1 N–H and O–H groups in total. The SMILES string of the molecule is COc1cc(OC)cc(C(CC(=O)N2CC3(C)CC2CC(C)(C)C3)c2c[nH]c3ccccc23)c1. The number of para-hydroxylation sites is 1. The highest BCUT2D eigenvalue weighted by molar-refractivity contribution is 5.86. The van der Waals surface area contributed by atoms with Crippen LogP contribution in [0.25, 0.3) is 10.9 Å². The van der Waals surface area contributed by atoms with Gasteiger partial charge in [-0.15, -0.1) is 0 Å². The minimum atomic E-state index is -0.103. The van der Waals surface area contributed by atoms with Gasteiger partial charge in [-0.3, -0.25) is 4.79 Å². The molecule has 5 heteroatoms. The third-order valence-electron chi connectivity index (χ3n) is 7.89. The second kappa shape index (κ2) is 8.37. The molecule has 180 valence electrons. The second-order valence-corrected chi connectivity index (χ2v) is 11.4. The van der Waals surface area contributed by atoms with Gasteiger partial charge in [0.1, 0.15) is 11.5 Å².